The van der Waals surface area contributed by atoms with Crippen LogP contribution in [-0.2, 0) is 14.8 Å². The Morgan fingerprint density at radius 3 is 2.40 bits per heavy atom. The fourth-order valence-electron chi connectivity index (χ4n) is 2.62. The maximum Gasteiger partial charge on any atom is 0.242 e. The first-order valence-corrected chi connectivity index (χ1v) is 10.6. The Balaban J connectivity index is 1.72. The summed E-state index contributed by atoms with van der Waals surface area (Å²) >= 11 is 0. The van der Waals surface area contributed by atoms with Gasteiger partial charge in [-0.05, 0) is 42.3 Å². The second-order valence-corrected chi connectivity index (χ2v) is 8.47. The van der Waals surface area contributed by atoms with Crippen LogP contribution in [0, 0.1) is 5.92 Å². The molecule has 2 N–H and O–H groups in total. The number of amides is 1. The molecule has 1 aromatic carbocycles. The van der Waals surface area contributed by atoms with E-state index in [-0.39, 0.29) is 10.8 Å². The number of hydrogen-bond donors (Lipinski definition) is 2. The molecule has 0 fully saturated rings. The number of pyridine rings is 1. The normalized spacial score (nSPS) is 12.5. The average molecular weight is 430 g/mol. The van der Waals surface area contributed by atoms with Crippen LogP contribution in [0.3, 0.4) is 0 Å². The molecule has 10 nitrogen and oxygen atoms in total. The van der Waals surface area contributed by atoms with Gasteiger partial charge in [0.15, 0.2) is 5.82 Å². The Morgan fingerprint density at radius 2 is 1.87 bits per heavy atom. The monoisotopic (exact) mass is 430 g/mol. The lowest BCUT2D eigenvalue weighted by atomic mass is 10.1. The van der Waals surface area contributed by atoms with Crippen LogP contribution in [0.4, 0.5) is 5.69 Å². The number of benzene rings is 1. The molecule has 1 amide bonds. The van der Waals surface area contributed by atoms with Crippen molar-refractivity contribution in [2.45, 2.75) is 24.8 Å². The molecule has 0 aliphatic carbocycles. The number of aromatic nitrogens is 4. The summed E-state index contributed by atoms with van der Waals surface area (Å²) in [5, 5.41) is 6.67. The zero-order valence-electron chi connectivity index (χ0n) is 16.7. The molecule has 0 aliphatic heterocycles. The summed E-state index contributed by atoms with van der Waals surface area (Å²) in [6, 6.07) is 8.26. The van der Waals surface area contributed by atoms with Crippen LogP contribution in [-0.4, -0.2) is 47.2 Å². The Bertz CT molecular complexity index is 1080. The van der Waals surface area contributed by atoms with Gasteiger partial charge in [-0.1, -0.05) is 13.8 Å². The highest BCUT2D eigenvalue weighted by atomic mass is 32.2. The van der Waals surface area contributed by atoms with Gasteiger partial charge in [0.1, 0.15) is 24.4 Å². The number of rotatable bonds is 8. The van der Waals surface area contributed by atoms with Crippen LogP contribution in [0.25, 0.3) is 5.82 Å². The average Bonchev–Trinajstić information content (AvgIpc) is 3.27. The third-order valence-corrected chi connectivity index (χ3v) is 5.73. The maximum absolute atomic E-state index is 12.8. The van der Waals surface area contributed by atoms with Gasteiger partial charge in [-0.25, -0.2) is 23.1 Å². The quantitative estimate of drug-likeness (QED) is 0.556. The number of methoxy groups -OCH3 is 1. The van der Waals surface area contributed by atoms with Crippen molar-refractivity contribution in [1.82, 2.24) is 24.5 Å². The van der Waals surface area contributed by atoms with Crippen LogP contribution in [0.5, 0.6) is 5.75 Å². The van der Waals surface area contributed by atoms with E-state index in [1.807, 2.05) is 0 Å². The molecule has 0 spiro atoms. The number of hydrogen-bond acceptors (Lipinski definition) is 7. The summed E-state index contributed by atoms with van der Waals surface area (Å²) < 4.78 is 34.4. The Morgan fingerprint density at radius 1 is 1.13 bits per heavy atom. The molecular weight excluding hydrogens is 408 g/mol. The third-order valence-electron chi connectivity index (χ3n) is 4.27. The van der Waals surface area contributed by atoms with E-state index in [9.17, 15) is 13.2 Å². The summed E-state index contributed by atoms with van der Waals surface area (Å²) in [7, 11) is -2.41. The molecule has 0 bridgehead atoms. The van der Waals surface area contributed by atoms with Gasteiger partial charge >= 0.3 is 0 Å². The van der Waals surface area contributed by atoms with Crippen molar-refractivity contribution in [3.63, 3.8) is 0 Å². The number of carbonyl (C=O) groups excluding carboxylic acids is 1. The topological polar surface area (TPSA) is 128 Å². The number of sulfonamides is 1. The van der Waals surface area contributed by atoms with Crippen molar-refractivity contribution < 1.29 is 17.9 Å². The highest BCUT2D eigenvalue weighted by Gasteiger charge is 2.28. The SMILES string of the molecule is COc1ccc(S(=O)(=O)N[C@H](C(=O)Nc2ccc(-n3cncn3)nc2)C(C)C)cc1. The smallest absolute Gasteiger partial charge is 0.242 e. The van der Waals surface area contributed by atoms with Gasteiger partial charge in [-0.2, -0.15) is 9.82 Å². The summed E-state index contributed by atoms with van der Waals surface area (Å²) in [6.07, 6.45) is 4.35. The minimum atomic E-state index is -3.90. The van der Waals surface area contributed by atoms with E-state index in [0.717, 1.165) is 0 Å². The minimum absolute atomic E-state index is 0.0422. The molecule has 2 heterocycles. The predicted molar refractivity (Wildman–Crippen MR) is 110 cm³/mol. The largest absolute Gasteiger partial charge is 0.497 e. The van der Waals surface area contributed by atoms with E-state index in [2.05, 4.69) is 25.1 Å². The molecule has 0 aliphatic rings. The first kappa shape index (κ1) is 21.4. The number of nitrogens with zero attached hydrogens (tertiary/aromatic N) is 4. The van der Waals surface area contributed by atoms with Gasteiger partial charge in [0.2, 0.25) is 15.9 Å². The highest BCUT2D eigenvalue weighted by molar-refractivity contribution is 7.89. The van der Waals surface area contributed by atoms with Gasteiger partial charge in [0.05, 0.1) is 23.9 Å². The molecule has 3 aromatic rings. The first-order valence-electron chi connectivity index (χ1n) is 9.08. The highest BCUT2D eigenvalue weighted by Crippen LogP contribution is 2.17. The fraction of sp³-hybridized carbons (Fsp3) is 0.263. The molecule has 2 aromatic heterocycles. The van der Waals surface area contributed by atoms with Gasteiger partial charge in [0, 0.05) is 0 Å². The predicted octanol–water partition coefficient (Wildman–Crippen LogP) is 1.61. The van der Waals surface area contributed by atoms with Crippen molar-refractivity contribution in [3.8, 4) is 11.6 Å². The van der Waals surface area contributed by atoms with Crippen LogP contribution >= 0.6 is 0 Å². The molecule has 1 atom stereocenters. The van der Waals surface area contributed by atoms with Gasteiger partial charge in [0.25, 0.3) is 0 Å². The Hall–Kier alpha value is -3.31. The lowest BCUT2D eigenvalue weighted by Crippen LogP contribution is -2.47. The molecule has 11 heteroatoms. The lowest BCUT2D eigenvalue weighted by Gasteiger charge is -2.21. The number of nitrogens with one attached hydrogen (secondary N) is 2. The van der Waals surface area contributed by atoms with Crippen molar-refractivity contribution in [2.24, 2.45) is 5.92 Å². The Labute approximate surface area is 174 Å². The number of ether oxygens (including phenoxy) is 1. The van der Waals surface area contributed by atoms with Crippen LogP contribution in [0.15, 0.2) is 60.1 Å². The second kappa shape index (κ2) is 9.01. The summed E-state index contributed by atoms with van der Waals surface area (Å²) in [5.74, 6) is 0.290. The van der Waals surface area contributed by atoms with E-state index in [1.54, 1.807) is 38.1 Å². The zero-order valence-corrected chi connectivity index (χ0v) is 17.5. The van der Waals surface area contributed by atoms with E-state index in [0.29, 0.717) is 17.3 Å². The summed E-state index contributed by atoms with van der Waals surface area (Å²) in [6.45, 7) is 3.51. The maximum atomic E-state index is 12.8. The summed E-state index contributed by atoms with van der Waals surface area (Å²) in [4.78, 5) is 20.9. The van der Waals surface area contributed by atoms with Gasteiger partial charge in [-0.3, -0.25) is 4.79 Å². The third kappa shape index (κ3) is 4.99. The molecule has 0 saturated heterocycles. The molecule has 30 heavy (non-hydrogen) atoms. The second-order valence-electron chi connectivity index (χ2n) is 6.75. The Kier molecular flexibility index (Phi) is 6.43. The molecular formula is C19H22N6O4S. The van der Waals surface area contributed by atoms with E-state index in [4.69, 9.17) is 4.74 Å². The van der Waals surface area contributed by atoms with Gasteiger partial charge in [-0.15, -0.1) is 0 Å². The molecule has 158 valence electrons. The molecule has 0 radical (unpaired) electrons. The standard InChI is InChI=1S/C19H22N6O4S/c1-13(2)18(24-30(27,28)16-7-5-15(29-3)6-8-16)19(26)23-14-4-9-17(21-10-14)25-12-20-11-22-25/h4-13,18,24H,1-3H3,(H,23,26)/t18-/m0/s1. The van der Waals surface area contributed by atoms with Gasteiger partial charge < -0.3 is 10.1 Å². The van der Waals surface area contributed by atoms with Crippen molar-refractivity contribution in [2.75, 3.05) is 12.4 Å². The molecule has 0 unspecified atom stereocenters. The van der Waals surface area contributed by atoms with Crippen LogP contribution in [0.1, 0.15) is 13.8 Å². The number of carbonyl (C=O) groups is 1. The summed E-state index contributed by atoms with van der Waals surface area (Å²) in [5.41, 5.74) is 0.429. The van der Waals surface area contributed by atoms with E-state index < -0.39 is 22.0 Å². The fourth-order valence-corrected chi connectivity index (χ4v) is 3.97. The molecule has 3 rings (SSSR count). The molecule has 0 saturated carbocycles. The lowest BCUT2D eigenvalue weighted by molar-refractivity contribution is -0.118. The van der Waals surface area contributed by atoms with Crippen molar-refractivity contribution in [3.05, 3.63) is 55.2 Å². The van der Waals surface area contributed by atoms with E-state index in [1.165, 1.54) is 42.8 Å². The minimum Gasteiger partial charge on any atom is -0.497 e. The van der Waals surface area contributed by atoms with Crippen LogP contribution in [0.2, 0.25) is 0 Å². The van der Waals surface area contributed by atoms with Crippen LogP contribution < -0.4 is 14.8 Å². The number of anilines is 1. The van der Waals surface area contributed by atoms with E-state index >= 15 is 0 Å². The zero-order chi connectivity index (χ0) is 21.7. The van der Waals surface area contributed by atoms with Crippen molar-refractivity contribution in [1.29, 1.82) is 0 Å². The first-order chi connectivity index (χ1) is 14.3. The van der Waals surface area contributed by atoms with Crippen molar-refractivity contribution >= 4 is 21.6 Å².